The Labute approximate surface area is 192 Å². The van der Waals surface area contributed by atoms with E-state index in [1.807, 2.05) is 38.1 Å². The van der Waals surface area contributed by atoms with Gasteiger partial charge in [0.2, 0.25) is 5.91 Å². The van der Waals surface area contributed by atoms with Gasteiger partial charge in [0.05, 0.1) is 5.69 Å². The topological polar surface area (TPSA) is 88.1 Å². The van der Waals surface area contributed by atoms with Crippen LogP contribution in [0, 0.1) is 13.8 Å². The Morgan fingerprint density at radius 1 is 1.09 bits per heavy atom. The fraction of sp³-hybridized carbons (Fsp3) is 0.375. The highest BCUT2D eigenvalue weighted by Crippen LogP contribution is 2.33. The molecule has 1 aromatic carbocycles. The highest BCUT2D eigenvalue weighted by atomic mass is 32.1. The maximum Gasteiger partial charge on any atom is 0.280 e. The number of pyridine rings is 1. The van der Waals surface area contributed by atoms with Gasteiger partial charge in [0.15, 0.2) is 11.7 Å². The van der Waals surface area contributed by atoms with E-state index in [0.29, 0.717) is 11.4 Å². The molecular weight excluding hydrogens is 422 g/mol. The van der Waals surface area contributed by atoms with E-state index in [0.717, 1.165) is 48.3 Å². The molecule has 2 amide bonds. The summed E-state index contributed by atoms with van der Waals surface area (Å²) < 4.78 is 3.86. The molecule has 3 aromatic rings. The summed E-state index contributed by atoms with van der Waals surface area (Å²) in [6.07, 6.45) is 6.95. The Hall–Kier alpha value is -3.13. The lowest BCUT2D eigenvalue weighted by Crippen LogP contribution is -2.48. The van der Waals surface area contributed by atoms with Crippen LogP contribution in [0.1, 0.15) is 65.5 Å². The number of anilines is 1. The van der Waals surface area contributed by atoms with Gasteiger partial charge in [-0.1, -0.05) is 41.9 Å². The molecular formula is C24H27N5O2S. The molecule has 0 saturated heterocycles. The molecule has 1 fully saturated rings. The van der Waals surface area contributed by atoms with Crippen LogP contribution in [0.15, 0.2) is 48.0 Å². The monoisotopic (exact) mass is 449 g/mol. The van der Waals surface area contributed by atoms with E-state index < -0.39 is 6.04 Å². The van der Waals surface area contributed by atoms with E-state index >= 15 is 0 Å². The third kappa shape index (κ3) is 4.70. The van der Waals surface area contributed by atoms with Crippen LogP contribution in [0.25, 0.3) is 0 Å². The van der Waals surface area contributed by atoms with Crippen molar-refractivity contribution in [1.82, 2.24) is 19.9 Å². The van der Waals surface area contributed by atoms with Crippen molar-refractivity contribution in [1.29, 1.82) is 0 Å². The van der Waals surface area contributed by atoms with E-state index in [4.69, 9.17) is 0 Å². The standard InChI is InChI=1S/C24H27N5O2S/c1-16-9-8-13-21(17(16)2)29(24(31)20-15-32-28-27-20)22(19-12-6-7-14-25-19)23(30)26-18-10-4-3-5-11-18/h6-9,12-15,18,22H,3-5,10-11H2,1-2H3,(H,26,30)/t22-/m0/s1. The van der Waals surface area contributed by atoms with Gasteiger partial charge in [-0.2, -0.15) is 0 Å². The van der Waals surface area contributed by atoms with Gasteiger partial charge in [-0.15, -0.1) is 5.10 Å². The number of aromatic nitrogens is 3. The summed E-state index contributed by atoms with van der Waals surface area (Å²) in [6, 6.07) is 10.4. The summed E-state index contributed by atoms with van der Waals surface area (Å²) in [5, 5.41) is 8.79. The van der Waals surface area contributed by atoms with Gasteiger partial charge in [0.25, 0.3) is 5.91 Å². The zero-order valence-electron chi connectivity index (χ0n) is 18.3. The highest BCUT2D eigenvalue weighted by molar-refractivity contribution is 7.03. The van der Waals surface area contributed by atoms with Crippen LogP contribution in [0.4, 0.5) is 5.69 Å². The molecule has 0 unspecified atom stereocenters. The van der Waals surface area contributed by atoms with Crippen molar-refractivity contribution in [2.45, 2.75) is 58.0 Å². The first kappa shape index (κ1) is 22.1. The average molecular weight is 450 g/mol. The van der Waals surface area contributed by atoms with Crippen molar-refractivity contribution in [2.24, 2.45) is 0 Å². The molecule has 1 N–H and O–H groups in total. The second kappa shape index (κ2) is 9.99. The minimum absolute atomic E-state index is 0.110. The number of nitrogens with one attached hydrogen (secondary N) is 1. The highest BCUT2D eigenvalue weighted by Gasteiger charge is 2.37. The summed E-state index contributed by atoms with van der Waals surface area (Å²) in [5.74, 6) is -0.602. The van der Waals surface area contributed by atoms with Crippen LogP contribution in [0.2, 0.25) is 0 Å². The SMILES string of the molecule is Cc1cccc(N(C(=O)c2csnn2)[C@H](C(=O)NC2CCCCC2)c2ccccn2)c1C. The third-order valence-corrected chi connectivity index (χ3v) is 6.56. The number of carbonyl (C=O) groups excluding carboxylic acids is 2. The quantitative estimate of drug-likeness (QED) is 0.603. The lowest BCUT2D eigenvalue weighted by Gasteiger charge is -2.33. The third-order valence-electron chi connectivity index (χ3n) is 6.06. The Balaban J connectivity index is 1.81. The van der Waals surface area contributed by atoms with Gasteiger partial charge >= 0.3 is 0 Å². The molecule has 0 radical (unpaired) electrons. The van der Waals surface area contributed by atoms with Gasteiger partial charge in [-0.3, -0.25) is 19.5 Å². The second-order valence-corrected chi connectivity index (χ2v) is 8.79. The maximum atomic E-state index is 13.7. The molecule has 2 heterocycles. The zero-order valence-corrected chi connectivity index (χ0v) is 19.1. The summed E-state index contributed by atoms with van der Waals surface area (Å²) in [7, 11) is 0. The van der Waals surface area contributed by atoms with E-state index in [-0.39, 0.29) is 23.6 Å². The smallest absolute Gasteiger partial charge is 0.280 e. The van der Waals surface area contributed by atoms with Crippen molar-refractivity contribution in [2.75, 3.05) is 4.90 Å². The van der Waals surface area contributed by atoms with Crippen LogP contribution in [-0.2, 0) is 4.79 Å². The molecule has 1 atom stereocenters. The molecule has 0 bridgehead atoms. The number of benzene rings is 1. The first-order valence-electron chi connectivity index (χ1n) is 10.9. The number of nitrogens with zero attached hydrogens (tertiary/aromatic N) is 4. The number of hydrogen-bond donors (Lipinski definition) is 1. The van der Waals surface area contributed by atoms with E-state index in [2.05, 4.69) is 19.9 Å². The molecule has 4 rings (SSSR count). The summed E-state index contributed by atoms with van der Waals surface area (Å²) in [5.41, 5.74) is 3.35. The van der Waals surface area contributed by atoms with Gasteiger partial charge in [0.1, 0.15) is 0 Å². The fourth-order valence-electron chi connectivity index (χ4n) is 4.19. The lowest BCUT2D eigenvalue weighted by atomic mass is 9.95. The molecule has 0 aliphatic heterocycles. The molecule has 7 nitrogen and oxygen atoms in total. The Morgan fingerprint density at radius 2 is 1.91 bits per heavy atom. The van der Waals surface area contributed by atoms with Crippen LogP contribution >= 0.6 is 11.5 Å². The normalized spacial score (nSPS) is 15.2. The molecule has 1 saturated carbocycles. The van der Waals surface area contributed by atoms with Crippen molar-refractivity contribution in [3.05, 3.63) is 70.5 Å². The number of amides is 2. The summed E-state index contributed by atoms with van der Waals surface area (Å²) in [6.45, 7) is 3.95. The minimum atomic E-state index is -0.923. The van der Waals surface area contributed by atoms with E-state index in [1.165, 1.54) is 11.3 Å². The molecule has 1 aliphatic carbocycles. The predicted octanol–water partition coefficient (Wildman–Crippen LogP) is 4.39. The summed E-state index contributed by atoms with van der Waals surface area (Å²) >= 11 is 1.11. The second-order valence-electron chi connectivity index (χ2n) is 8.19. The molecule has 1 aliphatic rings. The maximum absolute atomic E-state index is 13.7. The van der Waals surface area contributed by atoms with Gasteiger partial charge in [-0.05, 0) is 67.5 Å². The predicted molar refractivity (Wildman–Crippen MR) is 125 cm³/mol. The molecule has 8 heteroatoms. The van der Waals surface area contributed by atoms with Gasteiger partial charge in [0, 0.05) is 23.3 Å². The number of rotatable bonds is 6. The van der Waals surface area contributed by atoms with Crippen molar-refractivity contribution < 1.29 is 9.59 Å². The molecule has 0 spiro atoms. The van der Waals surface area contributed by atoms with Crippen molar-refractivity contribution >= 4 is 29.0 Å². The lowest BCUT2D eigenvalue weighted by molar-refractivity contribution is -0.123. The van der Waals surface area contributed by atoms with Crippen molar-refractivity contribution in [3.63, 3.8) is 0 Å². The average Bonchev–Trinajstić information content (AvgIpc) is 3.35. The molecule has 2 aromatic heterocycles. The fourth-order valence-corrected chi connectivity index (χ4v) is 4.62. The minimum Gasteiger partial charge on any atom is -0.351 e. The zero-order chi connectivity index (χ0) is 22.5. The van der Waals surface area contributed by atoms with E-state index in [1.54, 1.807) is 23.7 Å². The Kier molecular flexibility index (Phi) is 6.90. The largest absolute Gasteiger partial charge is 0.351 e. The van der Waals surface area contributed by atoms with Crippen LogP contribution < -0.4 is 10.2 Å². The van der Waals surface area contributed by atoms with Gasteiger partial charge in [-0.25, -0.2) is 0 Å². The summed E-state index contributed by atoms with van der Waals surface area (Å²) in [4.78, 5) is 33.4. The Bertz CT molecular complexity index is 1070. The van der Waals surface area contributed by atoms with Crippen LogP contribution in [-0.4, -0.2) is 32.4 Å². The first-order valence-corrected chi connectivity index (χ1v) is 11.8. The number of aryl methyl sites for hydroxylation is 1. The number of hydrogen-bond acceptors (Lipinski definition) is 6. The van der Waals surface area contributed by atoms with E-state index in [9.17, 15) is 9.59 Å². The Morgan fingerprint density at radius 3 is 2.59 bits per heavy atom. The van der Waals surface area contributed by atoms with Crippen LogP contribution in [0.3, 0.4) is 0 Å². The molecule has 166 valence electrons. The number of carbonyl (C=O) groups is 2. The van der Waals surface area contributed by atoms with Crippen molar-refractivity contribution in [3.8, 4) is 0 Å². The van der Waals surface area contributed by atoms with Gasteiger partial charge < -0.3 is 5.32 Å². The van der Waals surface area contributed by atoms with Crippen LogP contribution in [0.5, 0.6) is 0 Å². The molecule has 32 heavy (non-hydrogen) atoms. The first-order chi connectivity index (χ1) is 15.6.